The quantitative estimate of drug-likeness (QED) is 0.385. The predicted molar refractivity (Wildman–Crippen MR) is 119 cm³/mol. The summed E-state index contributed by atoms with van der Waals surface area (Å²) in [5.41, 5.74) is 13.2. The van der Waals surface area contributed by atoms with E-state index in [9.17, 15) is 14.0 Å². The molecule has 2 amide bonds. The number of nitrogens with one attached hydrogen (secondary N) is 1. The highest BCUT2D eigenvalue weighted by Crippen LogP contribution is 2.31. The summed E-state index contributed by atoms with van der Waals surface area (Å²) < 4.78 is 21.9. The van der Waals surface area contributed by atoms with Gasteiger partial charge in [0, 0.05) is 12.1 Å². The molecule has 3 aromatic rings. The minimum Gasteiger partial charge on any atom is -0.491 e. The summed E-state index contributed by atoms with van der Waals surface area (Å²) in [4.78, 5) is 29.3. The molecular weight excluding hydrogens is 417 g/mol. The molecule has 0 aliphatic carbocycles. The van der Waals surface area contributed by atoms with E-state index in [1.54, 1.807) is 25.1 Å². The molecule has 0 radical (unpaired) electrons. The normalized spacial score (nSPS) is 11.1. The Balaban J connectivity index is 2.06. The lowest BCUT2D eigenvalue weighted by molar-refractivity contribution is 0.0995. The summed E-state index contributed by atoms with van der Waals surface area (Å²) in [6.07, 6.45) is 1.39. The Morgan fingerprint density at radius 1 is 1.25 bits per heavy atom. The van der Waals surface area contributed by atoms with Crippen molar-refractivity contribution in [3.05, 3.63) is 35.2 Å². The smallest absolute Gasteiger partial charge is 0.276 e. The van der Waals surface area contributed by atoms with Crippen molar-refractivity contribution in [1.82, 2.24) is 19.3 Å². The molecule has 0 saturated heterocycles. The second-order valence-electron chi connectivity index (χ2n) is 7.32. The van der Waals surface area contributed by atoms with Crippen LogP contribution < -0.4 is 21.5 Å². The average molecular weight is 445 g/mol. The number of fused-ring (bicyclic) bond motifs is 1. The maximum absolute atomic E-state index is 13.0. The van der Waals surface area contributed by atoms with E-state index in [2.05, 4.69) is 15.4 Å². The number of carbonyl (C=O) groups is 2. The van der Waals surface area contributed by atoms with E-state index in [0.717, 1.165) is 6.42 Å². The van der Waals surface area contributed by atoms with Crippen LogP contribution in [0, 0.1) is 6.92 Å². The molecule has 0 unspecified atom stereocenters. The molecule has 0 spiro atoms. The number of alkyl halides is 1. The summed E-state index contributed by atoms with van der Waals surface area (Å²) in [5, 5.41) is 6.95. The molecule has 2 aromatic heterocycles. The molecule has 11 heteroatoms. The van der Waals surface area contributed by atoms with Gasteiger partial charge in [-0.15, -0.1) is 0 Å². The van der Waals surface area contributed by atoms with Crippen molar-refractivity contribution in [2.75, 3.05) is 25.1 Å². The summed E-state index contributed by atoms with van der Waals surface area (Å²) in [6.45, 7) is 4.41. The fourth-order valence-corrected chi connectivity index (χ4v) is 3.43. The Hall–Kier alpha value is -3.47. The number of ether oxygens (including phenoxy) is 1. The summed E-state index contributed by atoms with van der Waals surface area (Å²) in [5.74, 6) is -0.364. The molecule has 3 rings (SSSR count). The van der Waals surface area contributed by atoms with Crippen molar-refractivity contribution >= 4 is 28.8 Å². The van der Waals surface area contributed by atoms with Crippen LogP contribution in [0.4, 0.5) is 10.3 Å². The number of hydrogen-bond donors (Lipinski definition) is 3. The van der Waals surface area contributed by atoms with Crippen LogP contribution in [0.15, 0.2) is 18.2 Å². The number of primary amides is 1. The first-order valence-corrected chi connectivity index (χ1v) is 10.5. The molecule has 5 N–H and O–H groups in total. The van der Waals surface area contributed by atoms with Gasteiger partial charge in [-0.3, -0.25) is 19.6 Å². The van der Waals surface area contributed by atoms with Gasteiger partial charge >= 0.3 is 0 Å². The number of rotatable bonds is 11. The van der Waals surface area contributed by atoms with Crippen LogP contribution in [0.5, 0.6) is 5.75 Å². The first-order chi connectivity index (χ1) is 15.4. The minimum atomic E-state index is -0.644. The fourth-order valence-electron chi connectivity index (χ4n) is 3.43. The van der Waals surface area contributed by atoms with Crippen molar-refractivity contribution < 1.29 is 18.7 Å². The molecular formula is C21H28FN7O3. The van der Waals surface area contributed by atoms with E-state index in [-0.39, 0.29) is 23.8 Å². The van der Waals surface area contributed by atoms with Crippen molar-refractivity contribution in [2.45, 2.75) is 39.8 Å². The van der Waals surface area contributed by atoms with E-state index >= 15 is 0 Å². The molecule has 2 heterocycles. The van der Waals surface area contributed by atoms with Gasteiger partial charge in [-0.05, 0) is 44.5 Å². The number of halogens is 1. The third kappa shape index (κ3) is 4.88. The Morgan fingerprint density at radius 3 is 2.69 bits per heavy atom. The van der Waals surface area contributed by atoms with Gasteiger partial charge in [0.1, 0.15) is 23.6 Å². The van der Waals surface area contributed by atoms with Gasteiger partial charge in [-0.1, -0.05) is 6.92 Å². The second kappa shape index (κ2) is 10.2. The van der Waals surface area contributed by atoms with Gasteiger partial charge in [0.15, 0.2) is 0 Å². The van der Waals surface area contributed by atoms with Crippen molar-refractivity contribution in [3.63, 3.8) is 0 Å². The van der Waals surface area contributed by atoms with E-state index in [4.69, 9.17) is 16.2 Å². The van der Waals surface area contributed by atoms with Crippen molar-refractivity contribution in [3.8, 4) is 5.75 Å². The summed E-state index contributed by atoms with van der Waals surface area (Å²) >= 11 is 0. The molecule has 0 saturated carbocycles. The Morgan fingerprint density at radius 2 is 2.03 bits per heavy atom. The molecule has 32 heavy (non-hydrogen) atoms. The summed E-state index contributed by atoms with van der Waals surface area (Å²) in [7, 11) is 0. The van der Waals surface area contributed by atoms with Crippen LogP contribution in [0.25, 0.3) is 11.0 Å². The average Bonchev–Trinajstić information content (AvgIpc) is 3.28. The largest absolute Gasteiger partial charge is 0.491 e. The number of nitrogens with two attached hydrogens (primary N) is 2. The Kier molecular flexibility index (Phi) is 7.41. The number of anilines is 1. The number of aryl methyl sites for hydroxylation is 3. The monoisotopic (exact) mass is 445 g/mol. The highest BCUT2D eigenvalue weighted by atomic mass is 19.1. The van der Waals surface area contributed by atoms with Crippen LogP contribution in [-0.4, -0.2) is 51.0 Å². The molecule has 0 aliphatic heterocycles. The van der Waals surface area contributed by atoms with Gasteiger partial charge in [0.25, 0.3) is 5.91 Å². The predicted octanol–water partition coefficient (Wildman–Crippen LogP) is 2.00. The van der Waals surface area contributed by atoms with Gasteiger partial charge in [-0.2, -0.15) is 5.10 Å². The first-order valence-electron chi connectivity index (χ1n) is 10.5. The number of nitrogens with zero attached hydrogens (tertiary/aromatic N) is 4. The number of imidazole rings is 1. The fraction of sp³-hybridized carbons (Fsp3) is 0.429. The zero-order valence-corrected chi connectivity index (χ0v) is 18.2. The van der Waals surface area contributed by atoms with E-state index < -0.39 is 18.5 Å². The van der Waals surface area contributed by atoms with Gasteiger partial charge in [0.05, 0.1) is 24.4 Å². The Labute approximate surface area is 184 Å². The third-order valence-electron chi connectivity index (χ3n) is 4.80. The number of hydrogen-bond acceptors (Lipinski definition) is 6. The number of benzene rings is 1. The van der Waals surface area contributed by atoms with Gasteiger partial charge in [-0.25, -0.2) is 9.37 Å². The van der Waals surface area contributed by atoms with Crippen LogP contribution in [0.1, 0.15) is 46.3 Å². The third-order valence-corrected chi connectivity index (χ3v) is 4.80. The van der Waals surface area contributed by atoms with Crippen LogP contribution in [-0.2, 0) is 13.1 Å². The zero-order valence-electron chi connectivity index (χ0n) is 18.2. The molecule has 172 valence electrons. The molecule has 0 bridgehead atoms. The molecule has 1 aromatic carbocycles. The summed E-state index contributed by atoms with van der Waals surface area (Å²) in [6, 6.07) is 4.72. The maximum Gasteiger partial charge on any atom is 0.276 e. The SMILES string of the molecule is CCCn1c(NC(=O)c2cc(C)nn2CCF)nc2cc(C(N)=O)cc(OCCCN)c21. The lowest BCUT2D eigenvalue weighted by atomic mass is 10.1. The second-order valence-corrected chi connectivity index (χ2v) is 7.32. The lowest BCUT2D eigenvalue weighted by Crippen LogP contribution is -2.20. The highest BCUT2D eigenvalue weighted by Gasteiger charge is 2.21. The molecule has 0 fully saturated rings. The van der Waals surface area contributed by atoms with Crippen LogP contribution in [0.2, 0.25) is 0 Å². The van der Waals surface area contributed by atoms with Gasteiger partial charge in [0.2, 0.25) is 11.9 Å². The van der Waals surface area contributed by atoms with Crippen LogP contribution in [0.3, 0.4) is 0 Å². The lowest BCUT2D eigenvalue weighted by Gasteiger charge is -2.13. The molecule has 0 aliphatic rings. The maximum atomic E-state index is 13.0. The first kappa shape index (κ1) is 23.2. The van der Waals surface area contributed by atoms with Crippen LogP contribution >= 0.6 is 0 Å². The van der Waals surface area contributed by atoms with Gasteiger partial charge < -0.3 is 20.8 Å². The standard InChI is InChI=1S/C21H28FN7O3/c1-3-7-28-18-15(11-14(19(24)30)12-17(18)32-9-4-6-23)25-21(28)26-20(31)16-10-13(2)27-29(16)8-5-22/h10-12H,3-9,23H2,1-2H3,(H2,24,30)(H,25,26,31). The zero-order chi connectivity index (χ0) is 23.3. The van der Waals surface area contributed by atoms with Crippen molar-refractivity contribution in [2.24, 2.45) is 11.5 Å². The number of amides is 2. The topological polar surface area (TPSA) is 143 Å². The van der Waals surface area contributed by atoms with Crippen molar-refractivity contribution in [1.29, 1.82) is 0 Å². The van der Waals surface area contributed by atoms with E-state index in [0.29, 0.717) is 48.6 Å². The molecule has 10 nitrogen and oxygen atoms in total. The highest BCUT2D eigenvalue weighted by molar-refractivity contribution is 6.04. The van der Waals surface area contributed by atoms with E-state index in [1.165, 1.54) is 4.68 Å². The minimum absolute atomic E-state index is 0.0247. The molecule has 0 atom stereocenters. The number of aromatic nitrogens is 4. The van der Waals surface area contributed by atoms with E-state index in [1.807, 2.05) is 11.5 Å². The number of carbonyl (C=O) groups excluding carboxylic acids is 2. The Bertz CT molecular complexity index is 1120.